The number of nitrogens with one attached hydrogen (secondary N) is 1. The summed E-state index contributed by atoms with van der Waals surface area (Å²) in [6, 6.07) is 0. The lowest BCUT2D eigenvalue weighted by Crippen LogP contribution is -2.63. The third kappa shape index (κ3) is 5.44. The van der Waals surface area contributed by atoms with E-state index < -0.39 is 40.5 Å². The summed E-state index contributed by atoms with van der Waals surface area (Å²) < 4.78 is 39.3. The molecule has 4 saturated carbocycles. The number of aliphatic hydroxyl groups is 2. The number of rotatable bonds is 8. The Morgan fingerprint density at radius 3 is 2.43 bits per heavy atom. The predicted octanol–water partition coefficient (Wildman–Crippen LogP) is 2.39. The molecule has 0 radical (unpaired) electrons. The summed E-state index contributed by atoms with van der Waals surface area (Å²) >= 11 is 0. The monoisotopic (exact) mass is 545 g/mol. The van der Waals surface area contributed by atoms with Gasteiger partial charge in [-0.05, 0) is 92.3 Å². The van der Waals surface area contributed by atoms with E-state index >= 15 is 0 Å². The fourth-order valence-electron chi connectivity index (χ4n) is 9.22. The summed E-state index contributed by atoms with van der Waals surface area (Å²) in [5.74, 6) is -1.32. The van der Waals surface area contributed by atoms with E-state index in [9.17, 15) is 32.8 Å². The lowest BCUT2D eigenvalue weighted by atomic mass is 9.43. The number of carbonyl (C=O) groups excluding carboxylic acids is 1. The minimum Gasteiger partial charge on any atom is -0.480 e. The number of carboxylic acids is 1. The molecular formula is C26H43NO9S. The van der Waals surface area contributed by atoms with Crippen LogP contribution in [-0.2, 0) is 24.2 Å². The first kappa shape index (κ1) is 28.7. The second-order valence-electron chi connectivity index (χ2n) is 12.7. The summed E-state index contributed by atoms with van der Waals surface area (Å²) in [6.07, 6.45) is 3.69. The molecule has 37 heavy (non-hydrogen) atoms. The van der Waals surface area contributed by atoms with E-state index in [2.05, 4.69) is 12.2 Å². The third-order valence-electron chi connectivity index (χ3n) is 11.0. The van der Waals surface area contributed by atoms with Gasteiger partial charge in [-0.3, -0.25) is 14.1 Å². The minimum atomic E-state index is -4.72. The predicted molar refractivity (Wildman–Crippen MR) is 133 cm³/mol. The molecule has 4 fully saturated rings. The van der Waals surface area contributed by atoms with Crippen LogP contribution in [0.25, 0.3) is 0 Å². The van der Waals surface area contributed by atoms with Gasteiger partial charge in [0.05, 0.1) is 18.3 Å². The van der Waals surface area contributed by atoms with E-state index in [1.54, 1.807) is 0 Å². The SMILES string of the molecule is CC(CCC(=O)NCC(=O)O)C1CCC2C3C(O)CC4CC(O)CCC4(C)C3CC(OS(=O)(=O)O)C12C. The highest BCUT2D eigenvalue weighted by atomic mass is 32.3. The number of aliphatic carboxylic acids is 1. The molecule has 11 unspecified atom stereocenters. The van der Waals surface area contributed by atoms with E-state index in [1.807, 2.05) is 13.8 Å². The van der Waals surface area contributed by atoms with Gasteiger partial charge in [0.2, 0.25) is 5.91 Å². The van der Waals surface area contributed by atoms with Gasteiger partial charge in [-0.15, -0.1) is 0 Å². The Balaban J connectivity index is 1.61. The summed E-state index contributed by atoms with van der Waals surface area (Å²) in [5, 5.41) is 32.9. The van der Waals surface area contributed by atoms with Crippen LogP contribution >= 0.6 is 0 Å². The lowest BCUT2D eigenvalue weighted by Gasteiger charge is -2.63. The number of hydrogen-bond donors (Lipinski definition) is 5. The molecular weight excluding hydrogens is 502 g/mol. The van der Waals surface area contributed by atoms with Crippen LogP contribution in [0.1, 0.15) is 78.6 Å². The number of aliphatic hydroxyl groups excluding tert-OH is 2. The molecule has 0 aromatic carbocycles. The maximum Gasteiger partial charge on any atom is 0.397 e. The van der Waals surface area contributed by atoms with Crippen molar-refractivity contribution >= 4 is 22.3 Å². The van der Waals surface area contributed by atoms with Crippen molar-refractivity contribution in [2.45, 2.75) is 96.9 Å². The largest absolute Gasteiger partial charge is 0.480 e. The summed E-state index contributed by atoms with van der Waals surface area (Å²) in [7, 11) is -4.72. The Hall–Kier alpha value is -1.27. The zero-order valence-electron chi connectivity index (χ0n) is 22.0. The van der Waals surface area contributed by atoms with Crippen molar-refractivity contribution in [2.75, 3.05) is 6.54 Å². The molecule has 0 aliphatic heterocycles. The molecule has 1 amide bonds. The molecule has 10 nitrogen and oxygen atoms in total. The molecule has 0 saturated heterocycles. The minimum absolute atomic E-state index is 0.00313. The highest BCUT2D eigenvalue weighted by molar-refractivity contribution is 7.80. The Bertz CT molecular complexity index is 989. The van der Waals surface area contributed by atoms with E-state index in [0.29, 0.717) is 32.1 Å². The quantitative estimate of drug-likeness (QED) is 0.287. The summed E-state index contributed by atoms with van der Waals surface area (Å²) in [4.78, 5) is 22.9. The molecule has 4 rings (SSSR count). The van der Waals surface area contributed by atoms with Gasteiger partial charge in [0.1, 0.15) is 6.54 Å². The highest BCUT2D eigenvalue weighted by Gasteiger charge is 2.66. The number of fused-ring (bicyclic) bond motifs is 5. The van der Waals surface area contributed by atoms with Gasteiger partial charge in [-0.2, -0.15) is 8.42 Å². The van der Waals surface area contributed by atoms with Crippen molar-refractivity contribution in [1.29, 1.82) is 0 Å². The Kier molecular flexibility index (Phi) is 8.05. The van der Waals surface area contributed by atoms with Crippen LogP contribution in [0.4, 0.5) is 0 Å². The lowest BCUT2D eigenvalue weighted by molar-refractivity contribution is -0.202. The van der Waals surface area contributed by atoms with Gasteiger partial charge in [0.25, 0.3) is 0 Å². The molecule has 0 heterocycles. The Labute approximate surface area is 219 Å². The number of hydrogen-bond acceptors (Lipinski definition) is 7. The van der Waals surface area contributed by atoms with Crippen LogP contribution < -0.4 is 5.32 Å². The van der Waals surface area contributed by atoms with Gasteiger partial charge in [0.15, 0.2) is 0 Å². The second-order valence-corrected chi connectivity index (χ2v) is 13.8. The first-order valence-electron chi connectivity index (χ1n) is 13.7. The highest BCUT2D eigenvalue weighted by Crippen LogP contribution is 2.69. The molecule has 11 atom stereocenters. The topological polar surface area (TPSA) is 170 Å². The first-order valence-corrected chi connectivity index (χ1v) is 15.0. The van der Waals surface area contributed by atoms with Gasteiger partial charge in [0, 0.05) is 11.8 Å². The summed E-state index contributed by atoms with van der Waals surface area (Å²) in [6.45, 7) is 5.83. The van der Waals surface area contributed by atoms with E-state index in [1.165, 1.54) is 0 Å². The first-order chi connectivity index (χ1) is 17.2. The zero-order chi connectivity index (χ0) is 27.3. The molecule has 0 aromatic rings. The van der Waals surface area contributed by atoms with Crippen LogP contribution in [0.2, 0.25) is 0 Å². The molecule has 5 N–H and O–H groups in total. The van der Waals surface area contributed by atoms with Crippen molar-refractivity contribution < 1.29 is 42.1 Å². The zero-order valence-corrected chi connectivity index (χ0v) is 22.8. The van der Waals surface area contributed by atoms with Crippen molar-refractivity contribution in [2.24, 2.45) is 46.3 Å². The molecule has 4 aliphatic carbocycles. The number of carboxylic acid groups (broad SMARTS) is 1. The van der Waals surface area contributed by atoms with Gasteiger partial charge >= 0.3 is 16.4 Å². The third-order valence-corrected chi connectivity index (χ3v) is 11.5. The van der Waals surface area contributed by atoms with Gasteiger partial charge in [-0.1, -0.05) is 20.8 Å². The Morgan fingerprint density at radius 2 is 1.78 bits per heavy atom. The molecule has 4 aliphatic rings. The normalized spacial score (nSPS) is 44.3. The average Bonchev–Trinajstić information content (AvgIpc) is 3.15. The van der Waals surface area contributed by atoms with Crippen LogP contribution in [-0.4, -0.2) is 65.0 Å². The van der Waals surface area contributed by atoms with Crippen LogP contribution in [0.3, 0.4) is 0 Å². The van der Waals surface area contributed by atoms with E-state index in [4.69, 9.17) is 9.29 Å². The van der Waals surface area contributed by atoms with Crippen molar-refractivity contribution in [1.82, 2.24) is 5.32 Å². The van der Waals surface area contributed by atoms with Crippen LogP contribution in [0.5, 0.6) is 0 Å². The van der Waals surface area contributed by atoms with Crippen molar-refractivity contribution in [3.05, 3.63) is 0 Å². The smallest absolute Gasteiger partial charge is 0.397 e. The maximum atomic E-state index is 12.1. The summed E-state index contributed by atoms with van der Waals surface area (Å²) in [5.41, 5.74) is -0.788. The van der Waals surface area contributed by atoms with E-state index in [-0.39, 0.29) is 59.4 Å². The number of carbonyl (C=O) groups is 2. The molecule has 0 aromatic heterocycles. The van der Waals surface area contributed by atoms with Gasteiger partial charge in [-0.25, -0.2) is 4.18 Å². The van der Waals surface area contributed by atoms with Crippen molar-refractivity contribution in [3.8, 4) is 0 Å². The second kappa shape index (κ2) is 10.4. The average molecular weight is 546 g/mol. The van der Waals surface area contributed by atoms with Crippen molar-refractivity contribution in [3.63, 3.8) is 0 Å². The number of amides is 1. The maximum absolute atomic E-state index is 12.1. The molecule has 0 spiro atoms. The molecule has 0 bridgehead atoms. The fourth-order valence-corrected chi connectivity index (χ4v) is 9.80. The van der Waals surface area contributed by atoms with E-state index in [0.717, 1.165) is 19.3 Å². The molecule has 11 heteroatoms. The van der Waals surface area contributed by atoms with Gasteiger partial charge < -0.3 is 20.6 Å². The van der Waals surface area contributed by atoms with Crippen LogP contribution in [0.15, 0.2) is 0 Å². The molecule has 212 valence electrons. The Morgan fingerprint density at radius 1 is 1.08 bits per heavy atom. The van der Waals surface area contributed by atoms with Crippen LogP contribution in [0, 0.1) is 46.3 Å². The standard InChI is InChI=1S/C26H43NO9S/c1-14(4-7-22(30)27-13-23(31)32)17-5-6-18-24-19(12-21(26(17,18)3)36-37(33,34)35)25(2)9-8-16(28)10-15(25)11-20(24)29/h14-21,24,28-29H,4-13H2,1-3H3,(H,27,30)(H,31,32)(H,33,34,35). The fraction of sp³-hybridized carbons (Fsp3) is 0.923.